The molecule has 0 spiro atoms. The van der Waals surface area contributed by atoms with Crippen LogP contribution in [0.4, 0.5) is 0 Å². The third kappa shape index (κ3) is 3.24. The van der Waals surface area contributed by atoms with Crippen LogP contribution in [0, 0.1) is 0 Å². The summed E-state index contributed by atoms with van der Waals surface area (Å²) in [6, 6.07) is 14.2. The number of aromatic hydroxyl groups is 1. The quantitative estimate of drug-likeness (QED) is 0.912. The summed E-state index contributed by atoms with van der Waals surface area (Å²) < 4.78 is 6.55. The maximum atomic E-state index is 9.68. The van der Waals surface area contributed by atoms with Gasteiger partial charge < -0.3 is 15.6 Å². The van der Waals surface area contributed by atoms with Crippen molar-refractivity contribution in [3.05, 3.63) is 58.6 Å². The summed E-state index contributed by atoms with van der Waals surface area (Å²) in [6.07, 6.45) is 0. The van der Waals surface area contributed by atoms with E-state index in [2.05, 4.69) is 15.9 Å². The Morgan fingerprint density at radius 1 is 1.17 bits per heavy atom. The van der Waals surface area contributed by atoms with E-state index in [1.807, 2.05) is 30.3 Å². The molecule has 0 aliphatic carbocycles. The molecule has 2 rings (SSSR count). The lowest BCUT2D eigenvalue weighted by Gasteiger charge is -2.14. The monoisotopic (exact) mass is 307 g/mol. The fourth-order valence-corrected chi connectivity index (χ4v) is 2.01. The fourth-order valence-electron chi connectivity index (χ4n) is 1.63. The molecule has 0 aliphatic rings. The Labute approximate surface area is 114 Å². The molecule has 0 saturated carbocycles. The first kappa shape index (κ1) is 12.9. The van der Waals surface area contributed by atoms with E-state index < -0.39 is 0 Å². The molecule has 0 aliphatic heterocycles. The number of hydrogen-bond donors (Lipinski definition) is 2. The Bertz CT molecular complexity index is 531. The number of hydrogen-bond acceptors (Lipinski definition) is 3. The fraction of sp³-hybridized carbons (Fsp3) is 0.143. The molecule has 1 atom stereocenters. The van der Waals surface area contributed by atoms with E-state index >= 15 is 0 Å². The SMILES string of the molecule is NC(COc1cccc(Br)c1)c1ccccc1O. The van der Waals surface area contributed by atoms with Gasteiger partial charge in [-0.2, -0.15) is 0 Å². The molecule has 1 unspecified atom stereocenters. The lowest BCUT2D eigenvalue weighted by atomic mass is 10.1. The van der Waals surface area contributed by atoms with Gasteiger partial charge in [0.1, 0.15) is 18.1 Å². The van der Waals surface area contributed by atoms with Gasteiger partial charge in [-0.15, -0.1) is 0 Å². The van der Waals surface area contributed by atoms with Crippen LogP contribution in [0.1, 0.15) is 11.6 Å². The van der Waals surface area contributed by atoms with E-state index in [1.54, 1.807) is 18.2 Å². The maximum absolute atomic E-state index is 9.68. The molecule has 0 fully saturated rings. The number of nitrogens with two attached hydrogens (primary N) is 1. The second-order valence-corrected chi connectivity index (χ2v) is 4.85. The number of phenolic OH excluding ortho intramolecular Hbond substituents is 1. The number of halogens is 1. The van der Waals surface area contributed by atoms with Crippen LogP contribution in [0.25, 0.3) is 0 Å². The summed E-state index contributed by atoms with van der Waals surface area (Å²) >= 11 is 3.37. The molecule has 0 heterocycles. The molecule has 0 saturated heterocycles. The summed E-state index contributed by atoms with van der Waals surface area (Å²) in [5, 5.41) is 9.68. The summed E-state index contributed by atoms with van der Waals surface area (Å²) in [6.45, 7) is 0.314. The normalized spacial score (nSPS) is 12.1. The van der Waals surface area contributed by atoms with Crippen molar-refractivity contribution in [3.63, 3.8) is 0 Å². The van der Waals surface area contributed by atoms with E-state index in [4.69, 9.17) is 10.5 Å². The van der Waals surface area contributed by atoms with Gasteiger partial charge >= 0.3 is 0 Å². The first-order chi connectivity index (χ1) is 8.66. The van der Waals surface area contributed by atoms with Crippen molar-refractivity contribution < 1.29 is 9.84 Å². The maximum Gasteiger partial charge on any atom is 0.120 e. The van der Waals surface area contributed by atoms with Gasteiger partial charge in [0.25, 0.3) is 0 Å². The molecule has 3 nitrogen and oxygen atoms in total. The highest BCUT2D eigenvalue weighted by molar-refractivity contribution is 9.10. The molecular weight excluding hydrogens is 294 g/mol. The van der Waals surface area contributed by atoms with E-state index in [0.717, 1.165) is 10.2 Å². The van der Waals surface area contributed by atoms with Gasteiger partial charge in [0.15, 0.2) is 0 Å². The zero-order valence-corrected chi connectivity index (χ0v) is 11.3. The summed E-state index contributed by atoms with van der Waals surface area (Å²) in [7, 11) is 0. The molecule has 2 aromatic carbocycles. The Balaban J connectivity index is 2.00. The van der Waals surface area contributed by atoms with Crippen LogP contribution in [-0.2, 0) is 0 Å². The van der Waals surface area contributed by atoms with Crippen molar-refractivity contribution in [3.8, 4) is 11.5 Å². The number of rotatable bonds is 4. The first-order valence-electron chi connectivity index (χ1n) is 5.58. The number of ether oxygens (including phenoxy) is 1. The Morgan fingerprint density at radius 3 is 2.67 bits per heavy atom. The van der Waals surface area contributed by atoms with Crippen molar-refractivity contribution in [1.82, 2.24) is 0 Å². The predicted molar refractivity (Wildman–Crippen MR) is 74.7 cm³/mol. The van der Waals surface area contributed by atoms with Crippen LogP contribution in [0.5, 0.6) is 11.5 Å². The van der Waals surface area contributed by atoms with Crippen LogP contribution in [0.2, 0.25) is 0 Å². The Hall–Kier alpha value is -1.52. The van der Waals surface area contributed by atoms with Crippen molar-refractivity contribution in [1.29, 1.82) is 0 Å². The lowest BCUT2D eigenvalue weighted by Crippen LogP contribution is -2.19. The predicted octanol–water partition coefficient (Wildman–Crippen LogP) is 3.23. The molecule has 18 heavy (non-hydrogen) atoms. The average Bonchev–Trinajstić information content (AvgIpc) is 2.37. The lowest BCUT2D eigenvalue weighted by molar-refractivity contribution is 0.287. The standard InChI is InChI=1S/C14H14BrNO2/c15-10-4-3-5-11(8-10)18-9-13(16)12-6-1-2-7-14(12)17/h1-8,13,17H,9,16H2. The van der Waals surface area contributed by atoms with E-state index in [1.165, 1.54) is 0 Å². The first-order valence-corrected chi connectivity index (χ1v) is 6.38. The number of para-hydroxylation sites is 1. The van der Waals surface area contributed by atoms with Gasteiger partial charge in [-0.3, -0.25) is 0 Å². The second kappa shape index (κ2) is 5.89. The van der Waals surface area contributed by atoms with E-state index in [0.29, 0.717) is 12.2 Å². The van der Waals surface area contributed by atoms with Crippen LogP contribution >= 0.6 is 15.9 Å². The highest BCUT2D eigenvalue weighted by Gasteiger charge is 2.10. The molecule has 4 heteroatoms. The molecule has 0 amide bonds. The van der Waals surface area contributed by atoms with Crippen molar-refractivity contribution in [2.45, 2.75) is 6.04 Å². The van der Waals surface area contributed by atoms with Crippen molar-refractivity contribution >= 4 is 15.9 Å². The zero-order chi connectivity index (χ0) is 13.0. The third-order valence-corrected chi connectivity index (χ3v) is 3.06. The minimum Gasteiger partial charge on any atom is -0.508 e. The minimum absolute atomic E-state index is 0.197. The molecular formula is C14H14BrNO2. The zero-order valence-electron chi connectivity index (χ0n) is 9.71. The van der Waals surface area contributed by atoms with Crippen molar-refractivity contribution in [2.75, 3.05) is 6.61 Å². The third-order valence-electron chi connectivity index (χ3n) is 2.56. The summed E-state index contributed by atoms with van der Waals surface area (Å²) in [5.74, 6) is 0.943. The van der Waals surface area contributed by atoms with Gasteiger partial charge in [-0.05, 0) is 24.3 Å². The van der Waals surface area contributed by atoms with E-state index in [-0.39, 0.29) is 11.8 Å². The van der Waals surface area contributed by atoms with Gasteiger partial charge in [0.05, 0.1) is 6.04 Å². The van der Waals surface area contributed by atoms with Crippen LogP contribution in [0.15, 0.2) is 53.0 Å². The summed E-state index contributed by atoms with van der Waals surface area (Å²) in [5.41, 5.74) is 6.67. The number of phenols is 1. The van der Waals surface area contributed by atoms with Crippen LogP contribution in [0.3, 0.4) is 0 Å². The Kier molecular flexibility index (Phi) is 4.23. The topological polar surface area (TPSA) is 55.5 Å². The summed E-state index contributed by atoms with van der Waals surface area (Å²) in [4.78, 5) is 0. The number of benzene rings is 2. The van der Waals surface area contributed by atoms with Gasteiger partial charge in [0, 0.05) is 10.0 Å². The Morgan fingerprint density at radius 2 is 1.94 bits per heavy atom. The average molecular weight is 308 g/mol. The second-order valence-electron chi connectivity index (χ2n) is 3.93. The van der Waals surface area contributed by atoms with Crippen molar-refractivity contribution in [2.24, 2.45) is 5.73 Å². The molecule has 0 radical (unpaired) electrons. The van der Waals surface area contributed by atoms with Gasteiger partial charge in [0.2, 0.25) is 0 Å². The molecule has 3 N–H and O–H groups in total. The van der Waals surface area contributed by atoms with Crippen LogP contribution in [-0.4, -0.2) is 11.7 Å². The van der Waals surface area contributed by atoms with Crippen LogP contribution < -0.4 is 10.5 Å². The van der Waals surface area contributed by atoms with Gasteiger partial charge in [-0.25, -0.2) is 0 Å². The molecule has 94 valence electrons. The largest absolute Gasteiger partial charge is 0.508 e. The van der Waals surface area contributed by atoms with E-state index in [9.17, 15) is 5.11 Å². The smallest absolute Gasteiger partial charge is 0.120 e. The molecule has 0 aromatic heterocycles. The molecule has 2 aromatic rings. The molecule has 0 bridgehead atoms. The minimum atomic E-state index is -0.356. The highest BCUT2D eigenvalue weighted by Crippen LogP contribution is 2.23. The highest BCUT2D eigenvalue weighted by atomic mass is 79.9. The van der Waals surface area contributed by atoms with Gasteiger partial charge in [-0.1, -0.05) is 40.2 Å².